The molecule has 2 aromatic rings. The van der Waals surface area contributed by atoms with E-state index < -0.39 is 10.8 Å². The van der Waals surface area contributed by atoms with Gasteiger partial charge in [0.05, 0.1) is 15.1 Å². The van der Waals surface area contributed by atoms with Gasteiger partial charge < -0.3 is 4.74 Å². The molecule has 0 aliphatic carbocycles. The number of hydrogen-bond acceptors (Lipinski definition) is 6. The molecule has 0 aliphatic heterocycles. The number of nitrogens with zero attached hydrogens (tertiary/aromatic N) is 2. The maximum absolute atomic E-state index is 11.7. The van der Waals surface area contributed by atoms with Gasteiger partial charge >= 0.3 is 0 Å². The summed E-state index contributed by atoms with van der Waals surface area (Å²) >= 11 is 4.69. The summed E-state index contributed by atoms with van der Waals surface area (Å²) in [6, 6.07) is 7.84. The van der Waals surface area contributed by atoms with Gasteiger partial charge in [-0.1, -0.05) is 6.07 Å². The molecule has 1 N–H and O–H groups in total. The van der Waals surface area contributed by atoms with E-state index in [4.69, 9.17) is 4.74 Å². The number of nitro benzene ring substituents is 1. The molecule has 0 unspecified atom stereocenters. The molecule has 0 saturated carbocycles. The third-order valence-corrected chi connectivity index (χ3v) is 4.31. The minimum absolute atomic E-state index is 0.0650. The first-order valence-electron chi connectivity index (χ1n) is 6.41. The maximum atomic E-state index is 11.7. The zero-order valence-corrected chi connectivity index (χ0v) is 14.4. The number of nitro groups is 1. The minimum Gasteiger partial charge on any atom is -0.483 e. The molecule has 2 rings (SSSR count). The van der Waals surface area contributed by atoms with Crippen molar-refractivity contribution >= 4 is 44.6 Å². The third-order valence-electron chi connectivity index (χ3n) is 2.71. The first-order chi connectivity index (χ1) is 11.0. The second-order valence-electron chi connectivity index (χ2n) is 4.37. The van der Waals surface area contributed by atoms with Crippen molar-refractivity contribution in [2.45, 2.75) is 6.92 Å². The van der Waals surface area contributed by atoms with E-state index in [0.717, 1.165) is 4.88 Å². The molecular formula is C14H12BrN3O4S. The van der Waals surface area contributed by atoms with Crippen LogP contribution in [0.4, 0.5) is 5.69 Å². The fourth-order valence-electron chi connectivity index (χ4n) is 1.58. The normalized spacial score (nSPS) is 11.1. The van der Waals surface area contributed by atoms with Crippen molar-refractivity contribution in [3.05, 3.63) is 55.2 Å². The Kier molecular flexibility index (Phi) is 5.83. The second-order valence-corrected chi connectivity index (χ2v) is 6.17. The minimum atomic E-state index is -0.511. The molecule has 7 nitrogen and oxygen atoms in total. The smallest absolute Gasteiger partial charge is 0.277 e. The number of amides is 1. The van der Waals surface area contributed by atoms with Crippen LogP contribution in [0.1, 0.15) is 11.8 Å². The summed E-state index contributed by atoms with van der Waals surface area (Å²) < 4.78 is 5.71. The number of rotatable bonds is 6. The number of benzene rings is 1. The molecular weight excluding hydrogens is 386 g/mol. The monoisotopic (exact) mass is 397 g/mol. The van der Waals surface area contributed by atoms with Crippen LogP contribution in [0.15, 0.2) is 45.3 Å². The van der Waals surface area contributed by atoms with Crippen molar-refractivity contribution in [2.24, 2.45) is 5.10 Å². The van der Waals surface area contributed by atoms with Crippen molar-refractivity contribution in [2.75, 3.05) is 6.61 Å². The molecule has 23 heavy (non-hydrogen) atoms. The molecule has 0 aliphatic rings. The van der Waals surface area contributed by atoms with E-state index in [2.05, 4.69) is 26.5 Å². The summed E-state index contributed by atoms with van der Waals surface area (Å²) in [6.45, 7) is 1.54. The summed E-state index contributed by atoms with van der Waals surface area (Å²) in [5.41, 5.74) is 3.03. The molecule has 0 bridgehead atoms. The number of non-ortho nitro benzene ring substituents is 1. The van der Waals surface area contributed by atoms with Crippen LogP contribution in [0, 0.1) is 10.1 Å². The number of hydrogen-bond donors (Lipinski definition) is 1. The quantitative estimate of drug-likeness (QED) is 0.459. The molecule has 0 fully saturated rings. The van der Waals surface area contributed by atoms with E-state index >= 15 is 0 Å². The number of halogens is 1. The topological polar surface area (TPSA) is 93.8 Å². The Hall–Kier alpha value is -2.26. The van der Waals surface area contributed by atoms with Crippen molar-refractivity contribution in [1.29, 1.82) is 0 Å². The van der Waals surface area contributed by atoms with Crippen LogP contribution >= 0.6 is 27.3 Å². The van der Waals surface area contributed by atoms with Gasteiger partial charge in [-0.2, -0.15) is 5.10 Å². The maximum Gasteiger partial charge on any atom is 0.277 e. The van der Waals surface area contributed by atoms with E-state index in [0.29, 0.717) is 15.9 Å². The Morgan fingerprint density at radius 2 is 2.26 bits per heavy atom. The molecule has 1 heterocycles. The lowest BCUT2D eigenvalue weighted by Crippen LogP contribution is -2.25. The molecule has 0 radical (unpaired) electrons. The molecule has 1 aromatic heterocycles. The van der Waals surface area contributed by atoms with Gasteiger partial charge in [0.25, 0.3) is 11.6 Å². The number of nitrogens with one attached hydrogen (secondary N) is 1. The van der Waals surface area contributed by atoms with Gasteiger partial charge in [-0.15, -0.1) is 11.3 Å². The number of hydrazone groups is 1. The van der Waals surface area contributed by atoms with Crippen LogP contribution < -0.4 is 10.2 Å². The van der Waals surface area contributed by atoms with Crippen LogP contribution in [0.25, 0.3) is 0 Å². The predicted octanol–water partition coefficient (Wildman–Crippen LogP) is 3.34. The Bertz CT molecular complexity index is 746. The van der Waals surface area contributed by atoms with Crippen molar-refractivity contribution in [3.8, 4) is 5.75 Å². The fraction of sp³-hybridized carbons (Fsp3) is 0.143. The van der Waals surface area contributed by atoms with E-state index in [1.807, 2.05) is 17.5 Å². The lowest BCUT2D eigenvalue weighted by Gasteiger charge is -2.07. The van der Waals surface area contributed by atoms with Gasteiger partial charge in [0.15, 0.2) is 6.61 Å². The van der Waals surface area contributed by atoms with E-state index in [9.17, 15) is 14.9 Å². The van der Waals surface area contributed by atoms with Gasteiger partial charge in [0.2, 0.25) is 0 Å². The van der Waals surface area contributed by atoms with E-state index in [1.165, 1.54) is 29.5 Å². The van der Waals surface area contributed by atoms with Crippen LogP contribution in [-0.2, 0) is 4.79 Å². The Morgan fingerprint density at radius 1 is 1.48 bits per heavy atom. The third kappa shape index (κ3) is 4.86. The predicted molar refractivity (Wildman–Crippen MR) is 91.0 cm³/mol. The molecule has 1 amide bonds. The standard InChI is InChI=1S/C14H12BrN3O4S/c1-9(13-3-2-6-23-13)16-17-14(19)8-22-12-5-4-10(18(20)21)7-11(12)15/h2-7H,8H2,1H3,(H,17,19)/b16-9+. The lowest BCUT2D eigenvalue weighted by molar-refractivity contribution is -0.384. The van der Waals surface area contributed by atoms with Crippen LogP contribution in [0.3, 0.4) is 0 Å². The summed E-state index contributed by atoms with van der Waals surface area (Å²) in [6.07, 6.45) is 0. The lowest BCUT2D eigenvalue weighted by atomic mass is 10.3. The average molecular weight is 398 g/mol. The van der Waals surface area contributed by atoms with Gasteiger partial charge in [-0.05, 0) is 40.4 Å². The SMILES string of the molecule is C/C(=N\NC(=O)COc1ccc([N+](=O)[O-])cc1Br)c1cccs1. The van der Waals surface area contributed by atoms with E-state index in [1.54, 1.807) is 6.92 Å². The highest BCUT2D eigenvalue weighted by atomic mass is 79.9. The highest BCUT2D eigenvalue weighted by molar-refractivity contribution is 9.10. The van der Waals surface area contributed by atoms with Gasteiger partial charge in [-0.25, -0.2) is 5.43 Å². The van der Waals surface area contributed by atoms with Crippen molar-refractivity contribution < 1.29 is 14.5 Å². The average Bonchev–Trinajstić information content (AvgIpc) is 3.05. The first-order valence-corrected chi connectivity index (χ1v) is 8.08. The summed E-state index contributed by atoms with van der Waals surface area (Å²) in [4.78, 5) is 22.8. The molecule has 0 atom stereocenters. The number of ether oxygens (including phenoxy) is 1. The zero-order valence-electron chi connectivity index (χ0n) is 12.0. The number of carbonyl (C=O) groups is 1. The fourth-order valence-corrected chi connectivity index (χ4v) is 2.74. The van der Waals surface area contributed by atoms with Crippen LogP contribution in [-0.4, -0.2) is 23.1 Å². The summed E-state index contributed by atoms with van der Waals surface area (Å²) in [7, 11) is 0. The zero-order chi connectivity index (χ0) is 16.8. The molecule has 0 spiro atoms. The Morgan fingerprint density at radius 3 is 2.87 bits per heavy atom. The van der Waals surface area contributed by atoms with Gasteiger partial charge in [-0.3, -0.25) is 14.9 Å². The molecule has 1 aromatic carbocycles. The second kappa shape index (κ2) is 7.84. The molecule has 9 heteroatoms. The Balaban J connectivity index is 1.89. The highest BCUT2D eigenvalue weighted by Gasteiger charge is 2.11. The largest absolute Gasteiger partial charge is 0.483 e. The number of thiophene rings is 1. The van der Waals surface area contributed by atoms with Crippen LogP contribution in [0.2, 0.25) is 0 Å². The molecule has 120 valence electrons. The summed E-state index contributed by atoms with van der Waals surface area (Å²) in [5.74, 6) is -0.0872. The molecule has 0 saturated heterocycles. The van der Waals surface area contributed by atoms with Gasteiger partial charge in [0, 0.05) is 17.0 Å². The summed E-state index contributed by atoms with van der Waals surface area (Å²) in [5, 5.41) is 16.5. The van der Waals surface area contributed by atoms with Crippen molar-refractivity contribution in [1.82, 2.24) is 5.43 Å². The van der Waals surface area contributed by atoms with Crippen molar-refractivity contribution in [3.63, 3.8) is 0 Å². The number of carbonyl (C=O) groups excluding carboxylic acids is 1. The first kappa shape index (κ1) is 17.1. The Labute approximate surface area is 144 Å². The highest BCUT2D eigenvalue weighted by Crippen LogP contribution is 2.28. The van der Waals surface area contributed by atoms with Gasteiger partial charge in [0.1, 0.15) is 5.75 Å². The van der Waals surface area contributed by atoms with E-state index in [-0.39, 0.29) is 12.3 Å². The van der Waals surface area contributed by atoms with Crippen LogP contribution in [0.5, 0.6) is 5.75 Å².